The molecule has 2 heteroatoms. The predicted molar refractivity (Wildman–Crippen MR) is 78.8 cm³/mol. The minimum Gasteiger partial charge on any atom is -0.255 e. The SMILES string of the molecule is C/C(=C/c1ccccc1)c1ccccc1S(C)=O. The predicted octanol–water partition coefficient (Wildman–Crippen LogP) is 3.98. The highest BCUT2D eigenvalue weighted by Gasteiger charge is 2.06. The summed E-state index contributed by atoms with van der Waals surface area (Å²) < 4.78 is 11.7. The maximum Gasteiger partial charge on any atom is 0.0504 e. The molecule has 0 saturated carbocycles. The normalized spacial score (nSPS) is 13.3. The molecule has 0 fully saturated rings. The van der Waals surface area contributed by atoms with Crippen molar-refractivity contribution in [3.63, 3.8) is 0 Å². The van der Waals surface area contributed by atoms with E-state index >= 15 is 0 Å². The second kappa shape index (κ2) is 5.78. The van der Waals surface area contributed by atoms with Gasteiger partial charge >= 0.3 is 0 Å². The highest BCUT2D eigenvalue weighted by Crippen LogP contribution is 2.23. The van der Waals surface area contributed by atoms with E-state index in [2.05, 4.69) is 25.1 Å². The van der Waals surface area contributed by atoms with Crippen molar-refractivity contribution in [1.82, 2.24) is 0 Å². The summed E-state index contributed by atoms with van der Waals surface area (Å²) >= 11 is 0. The summed E-state index contributed by atoms with van der Waals surface area (Å²) in [5.74, 6) is 0. The topological polar surface area (TPSA) is 17.1 Å². The molecule has 2 aromatic rings. The van der Waals surface area contributed by atoms with Gasteiger partial charge in [0, 0.05) is 11.2 Å². The lowest BCUT2D eigenvalue weighted by molar-refractivity contribution is 0.686. The number of allylic oxidation sites excluding steroid dienone is 1. The third kappa shape index (κ3) is 2.96. The van der Waals surface area contributed by atoms with Crippen molar-refractivity contribution in [2.24, 2.45) is 0 Å². The van der Waals surface area contributed by atoms with Gasteiger partial charge in [0.1, 0.15) is 0 Å². The van der Waals surface area contributed by atoms with Gasteiger partial charge < -0.3 is 0 Å². The van der Waals surface area contributed by atoms with E-state index in [1.807, 2.05) is 42.5 Å². The Balaban J connectivity index is 2.43. The molecule has 18 heavy (non-hydrogen) atoms. The third-order valence-corrected chi connectivity index (χ3v) is 3.78. The van der Waals surface area contributed by atoms with Crippen LogP contribution in [0.2, 0.25) is 0 Å². The first-order chi connectivity index (χ1) is 8.68. The molecule has 2 aromatic carbocycles. The van der Waals surface area contributed by atoms with Crippen LogP contribution in [0.4, 0.5) is 0 Å². The van der Waals surface area contributed by atoms with Crippen LogP contribution in [0.1, 0.15) is 18.1 Å². The van der Waals surface area contributed by atoms with Gasteiger partial charge in [0.25, 0.3) is 0 Å². The lowest BCUT2D eigenvalue weighted by atomic mass is 10.0. The molecule has 0 saturated heterocycles. The van der Waals surface area contributed by atoms with Crippen LogP contribution in [0.15, 0.2) is 59.5 Å². The van der Waals surface area contributed by atoms with Crippen molar-refractivity contribution in [1.29, 1.82) is 0 Å². The molecule has 0 spiro atoms. The van der Waals surface area contributed by atoms with Gasteiger partial charge in [-0.2, -0.15) is 0 Å². The number of hydrogen-bond donors (Lipinski definition) is 0. The van der Waals surface area contributed by atoms with Gasteiger partial charge in [-0.3, -0.25) is 4.21 Å². The molecule has 0 aliphatic rings. The van der Waals surface area contributed by atoms with E-state index in [-0.39, 0.29) is 0 Å². The summed E-state index contributed by atoms with van der Waals surface area (Å²) in [4.78, 5) is 0.891. The van der Waals surface area contributed by atoms with Crippen molar-refractivity contribution in [3.8, 4) is 0 Å². The monoisotopic (exact) mass is 256 g/mol. The highest BCUT2D eigenvalue weighted by molar-refractivity contribution is 7.84. The molecule has 1 nitrogen and oxygen atoms in total. The molecule has 0 heterocycles. The molecule has 0 N–H and O–H groups in total. The standard InChI is InChI=1S/C16H16OS/c1-13(12-14-8-4-3-5-9-14)15-10-6-7-11-16(15)18(2)17/h3-12H,1-2H3/b13-12-. The molecule has 1 atom stereocenters. The van der Waals surface area contributed by atoms with Crippen molar-refractivity contribution in [3.05, 3.63) is 65.7 Å². The van der Waals surface area contributed by atoms with Crippen molar-refractivity contribution >= 4 is 22.4 Å². The Bertz CT molecular complexity index is 585. The fraction of sp³-hybridized carbons (Fsp3) is 0.125. The van der Waals surface area contributed by atoms with Crippen LogP contribution < -0.4 is 0 Å². The molecular formula is C16H16OS. The fourth-order valence-corrected chi connectivity index (χ4v) is 2.73. The number of rotatable bonds is 3. The van der Waals surface area contributed by atoms with E-state index in [9.17, 15) is 4.21 Å². The summed E-state index contributed by atoms with van der Waals surface area (Å²) in [5, 5.41) is 0. The molecule has 0 amide bonds. The zero-order chi connectivity index (χ0) is 13.0. The Morgan fingerprint density at radius 1 is 1.00 bits per heavy atom. The van der Waals surface area contributed by atoms with Crippen LogP contribution >= 0.6 is 0 Å². The van der Waals surface area contributed by atoms with E-state index in [1.54, 1.807) is 6.26 Å². The maximum absolute atomic E-state index is 11.7. The Morgan fingerprint density at radius 2 is 1.61 bits per heavy atom. The van der Waals surface area contributed by atoms with Crippen molar-refractivity contribution in [2.75, 3.05) is 6.26 Å². The first kappa shape index (κ1) is 12.8. The largest absolute Gasteiger partial charge is 0.255 e. The van der Waals surface area contributed by atoms with E-state index in [0.717, 1.165) is 21.6 Å². The Kier molecular flexibility index (Phi) is 4.11. The van der Waals surface area contributed by atoms with Crippen LogP contribution in [0.5, 0.6) is 0 Å². The van der Waals surface area contributed by atoms with E-state index in [0.29, 0.717) is 0 Å². The minimum absolute atomic E-state index is 0.891. The quantitative estimate of drug-likeness (QED) is 0.759. The average Bonchev–Trinajstić information content (AvgIpc) is 2.40. The maximum atomic E-state index is 11.7. The highest BCUT2D eigenvalue weighted by atomic mass is 32.2. The molecule has 2 rings (SSSR count). The molecule has 0 radical (unpaired) electrons. The van der Waals surface area contributed by atoms with Gasteiger partial charge in [-0.15, -0.1) is 0 Å². The molecule has 0 aliphatic carbocycles. The molecular weight excluding hydrogens is 240 g/mol. The second-order valence-electron chi connectivity index (χ2n) is 4.19. The molecule has 1 unspecified atom stereocenters. The third-order valence-electron chi connectivity index (χ3n) is 2.80. The molecule has 92 valence electrons. The van der Waals surface area contributed by atoms with Gasteiger partial charge in [0.05, 0.1) is 10.8 Å². The zero-order valence-electron chi connectivity index (χ0n) is 10.6. The lowest BCUT2D eigenvalue weighted by Gasteiger charge is -2.07. The van der Waals surface area contributed by atoms with E-state index in [4.69, 9.17) is 0 Å². The smallest absolute Gasteiger partial charge is 0.0504 e. The molecule has 0 aliphatic heterocycles. The first-order valence-corrected chi connectivity index (χ1v) is 7.40. The Hall–Kier alpha value is -1.67. The van der Waals surface area contributed by atoms with Crippen molar-refractivity contribution in [2.45, 2.75) is 11.8 Å². The van der Waals surface area contributed by atoms with Gasteiger partial charge in [0.15, 0.2) is 0 Å². The van der Waals surface area contributed by atoms with Crippen LogP contribution in [-0.2, 0) is 10.8 Å². The fourth-order valence-electron chi connectivity index (χ4n) is 1.92. The summed E-state index contributed by atoms with van der Waals surface area (Å²) in [6.45, 7) is 2.05. The van der Waals surface area contributed by atoms with Gasteiger partial charge in [-0.05, 0) is 29.7 Å². The second-order valence-corrected chi connectivity index (χ2v) is 5.54. The number of hydrogen-bond acceptors (Lipinski definition) is 1. The average molecular weight is 256 g/mol. The van der Waals surface area contributed by atoms with Gasteiger partial charge in [-0.25, -0.2) is 0 Å². The van der Waals surface area contributed by atoms with Gasteiger partial charge in [-0.1, -0.05) is 54.6 Å². The van der Waals surface area contributed by atoms with Crippen LogP contribution in [0.25, 0.3) is 11.6 Å². The summed E-state index contributed by atoms with van der Waals surface area (Å²) in [6, 6.07) is 18.0. The lowest BCUT2D eigenvalue weighted by Crippen LogP contribution is -1.93. The van der Waals surface area contributed by atoms with Crippen LogP contribution in [-0.4, -0.2) is 10.5 Å². The van der Waals surface area contributed by atoms with Gasteiger partial charge in [0.2, 0.25) is 0 Å². The van der Waals surface area contributed by atoms with Crippen LogP contribution in [0, 0.1) is 0 Å². The first-order valence-electron chi connectivity index (χ1n) is 5.84. The minimum atomic E-state index is -0.960. The molecule has 0 bridgehead atoms. The summed E-state index contributed by atoms with van der Waals surface area (Å²) in [6.07, 6.45) is 3.83. The summed E-state index contributed by atoms with van der Waals surface area (Å²) in [5.41, 5.74) is 3.35. The van der Waals surface area contributed by atoms with Crippen molar-refractivity contribution < 1.29 is 4.21 Å². The summed E-state index contributed by atoms with van der Waals surface area (Å²) in [7, 11) is -0.960. The van der Waals surface area contributed by atoms with E-state index < -0.39 is 10.8 Å². The molecule has 0 aromatic heterocycles. The zero-order valence-corrected chi connectivity index (χ0v) is 11.4. The van der Waals surface area contributed by atoms with Crippen LogP contribution in [0.3, 0.4) is 0 Å². The Labute approximate surface area is 111 Å². The Morgan fingerprint density at radius 3 is 2.28 bits per heavy atom. The van der Waals surface area contributed by atoms with E-state index in [1.165, 1.54) is 0 Å². The number of benzene rings is 2.